The molecular formula is C17H19FN2O5. The highest BCUT2D eigenvalue weighted by molar-refractivity contribution is 5.94. The monoisotopic (exact) mass is 350 g/mol. The Balaban J connectivity index is 2.16. The van der Waals surface area contributed by atoms with E-state index in [1.165, 1.54) is 42.5 Å². The van der Waals surface area contributed by atoms with Gasteiger partial charge in [0.15, 0.2) is 5.69 Å². The van der Waals surface area contributed by atoms with E-state index in [1.54, 1.807) is 7.11 Å². The molecule has 0 N–H and O–H groups in total. The Morgan fingerprint density at radius 2 is 2.12 bits per heavy atom. The first-order chi connectivity index (χ1) is 12.0. The summed E-state index contributed by atoms with van der Waals surface area (Å²) >= 11 is 0. The third kappa shape index (κ3) is 5.12. The number of hydrogen-bond donors (Lipinski definition) is 0. The minimum Gasteiger partial charge on any atom is -0.464 e. The van der Waals surface area contributed by atoms with E-state index in [-0.39, 0.29) is 29.6 Å². The number of amides is 1. The van der Waals surface area contributed by atoms with E-state index in [1.807, 2.05) is 0 Å². The molecule has 0 bridgehead atoms. The molecule has 1 heterocycles. The average Bonchev–Trinajstić information content (AvgIpc) is 3.08. The second-order valence-corrected chi connectivity index (χ2v) is 5.20. The normalized spacial score (nSPS) is 10.5. The minimum absolute atomic E-state index is 0.0209. The van der Waals surface area contributed by atoms with Crippen LogP contribution in [0.1, 0.15) is 33.2 Å². The van der Waals surface area contributed by atoms with Gasteiger partial charge in [0.05, 0.1) is 13.7 Å². The second-order valence-electron chi connectivity index (χ2n) is 5.20. The van der Waals surface area contributed by atoms with Crippen LogP contribution in [0.5, 0.6) is 0 Å². The standard InChI is InChI=1S/C17H19FN2O5/c1-23-8-4-7-20(16(21)12-5-3-6-13(18)9-12)10-15-19-14(11-25-15)17(22)24-2/h3,5-6,9,11H,4,7-8,10H2,1-2H3. The summed E-state index contributed by atoms with van der Waals surface area (Å²) in [6.45, 7) is 0.862. The van der Waals surface area contributed by atoms with E-state index < -0.39 is 11.8 Å². The van der Waals surface area contributed by atoms with Crippen molar-refractivity contribution < 1.29 is 27.9 Å². The number of halogens is 1. The molecule has 8 heteroatoms. The molecule has 0 saturated carbocycles. The van der Waals surface area contributed by atoms with Crippen LogP contribution in [-0.4, -0.2) is 49.1 Å². The van der Waals surface area contributed by atoms with Crippen molar-refractivity contribution in [3.8, 4) is 0 Å². The Kier molecular flexibility index (Phi) is 6.64. The van der Waals surface area contributed by atoms with Gasteiger partial charge >= 0.3 is 5.97 Å². The molecule has 0 fully saturated rings. The van der Waals surface area contributed by atoms with Gasteiger partial charge in [-0.3, -0.25) is 4.79 Å². The number of esters is 1. The summed E-state index contributed by atoms with van der Waals surface area (Å²) in [5.74, 6) is -1.31. The SMILES string of the molecule is COCCCN(Cc1nc(C(=O)OC)co1)C(=O)c1cccc(F)c1. The molecule has 0 aliphatic carbocycles. The quantitative estimate of drug-likeness (QED) is 0.537. The maximum Gasteiger partial charge on any atom is 0.360 e. The first kappa shape index (κ1) is 18.6. The van der Waals surface area contributed by atoms with E-state index >= 15 is 0 Å². The van der Waals surface area contributed by atoms with Gasteiger partial charge in [0, 0.05) is 25.8 Å². The maximum atomic E-state index is 13.4. The fourth-order valence-corrected chi connectivity index (χ4v) is 2.20. The van der Waals surface area contributed by atoms with Crippen molar-refractivity contribution in [2.24, 2.45) is 0 Å². The van der Waals surface area contributed by atoms with Gasteiger partial charge in [-0.25, -0.2) is 14.2 Å². The molecule has 2 aromatic rings. The highest BCUT2D eigenvalue weighted by Gasteiger charge is 2.20. The zero-order chi connectivity index (χ0) is 18.2. The predicted molar refractivity (Wildman–Crippen MR) is 85.5 cm³/mol. The Bertz CT molecular complexity index is 731. The second kappa shape index (κ2) is 8.93. The Hall–Kier alpha value is -2.74. The Labute approximate surface area is 144 Å². The van der Waals surface area contributed by atoms with Crippen LogP contribution in [-0.2, 0) is 16.0 Å². The highest BCUT2D eigenvalue weighted by atomic mass is 19.1. The molecular weight excluding hydrogens is 331 g/mol. The van der Waals surface area contributed by atoms with Crippen LogP contribution < -0.4 is 0 Å². The number of hydrogen-bond acceptors (Lipinski definition) is 6. The van der Waals surface area contributed by atoms with E-state index in [4.69, 9.17) is 9.15 Å². The molecule has 0 aliphatic rings. The van der Waals surface area contributed by atoms with Crippen molar-refractivity contribution in [2.45, 2.75) is 13.0 Å². The Morgan fingerprint density at radius 3 is 2.80 bits per heavy atom. The van der Waals surface area contributed by atoms with Gasteiger partial charge in [-0.05, 0) is 24.6 Å². The van der Waals surface area contributed by atoms with Crippen molar-refractivity contribution in [1.82, 2.24) is 9.88 Å². The molecule has 0 spiro atoms. The fourth-order valence-electron chi connectivity index (χ4n) is 2.20. The van der Waals surface area contributed by atoms with Crippen LogP contribution in [0.2, 0.25) is 0 Å². The number of nitrogens with zero attached hydrogens (tertiary/aromatic N) is 2. The number of carbonyl (C=O) groups is 2. The van der Waals surface area contributed by atoms with E-state index in [9.17, 15) is 14.0 Å². The number of benzene rings is 1. The number of oxazole rings is 1. The van der Waals surface area contributed by atoms with E-state index in [0.717, 1.165) is 0 Å². The third-order valence-electron chi connectivity index (χ3n) is 3.41. The summed E-state index contributed by atoms with van der Waals surface area (Å²) in [6.07, 6.45) is 1.75. The number of ether oxygens (including phenoxy) is 2. The molecule has 1 amide bonds. The van der Waals surface area contributed by atoms with Crippen molar-refractivity contribution >= 4 is 11.9 Å². The first-order valence-corrected chi connectivity index (χ1v) is 7.61. The van der Waals surface area contributed by atoms with Crippen LogP contribution in [0.25, 0.3) is 0 Å². The summed E-state index contributed by atoms with van der Waals surface area (Å²) in [6, 6.07) is 5.43. The van der Waals surface area contributed by atoms with Gasteiger partial charge in [-0.1, -0.05) is 6.07 Å². The summed E-state index contributed by atoms with van der Waals surface area (Å²) in [4.78, 5) is 29.5. The summed E-state index contributed by atoms with van der Waals surface area (Å²) in [5, 5.41) is 0. The van der Waals surface area contributed by atoms with Crippen LogP contribution in [0.4, 0.5) is 4.39 Å². The predicted octanol–water partition coefficient (Wildman–Crippen LogP) is 2.28. The molecule has 7 nitrogen and oxygen atoms in total. The van der Waals surface area contributed by atoms with E-state index in [0.29, 0.717) is 19.6 Å². The summed E-state index contributed by atoms with van der Waals surface area (Å²) in [7, 11) is 2.80. The molecule has 25 heavy (non-hydrogen) atoms. The molecule has 0 radical (unpaired) electrons. The topological polar surface area (TPSA) is 81.9 Å². The molecule has 1 aromatic heterocycles. The van der Waals surface area contributed by atoms with Gasteiger partial charge in [0.1, 0.15) is 12.1 Å². The van der Waals surface area contributed by atoms with Crippen molar-refractivity contribution in [3.05, 3.63) is 53.5 Å². The van der Waals surface area contributed by atoms with E-state index in [2.05, 4.69) is 9.72 Å². The molecule has 0 saturated heterocycles. The van der Waals surface area contributed by atoms with Crippen LogP contribution in [0.15, 0.2) is 34.9 Å². The smallest absolute Gasteiger partial charge is 0.360 e. The summed E-state index contributed by atoms with van der Waals surface area (Å²) in [5.41, 5.74) is 0.240. The zero-order valence-electron chi connectivity index (χ0n) is 14.0. The molecule has 0 atom stereocenters. The van der Waals surface area contributed by atoms with Gasteiger partial charge in [0.25, 0.3) is 5.91 Å². The molecule has 0 aliphatic heterocycles. The largest absolute Gasteiger partial charge is 0.464 e. The molecule has 134 valence electrons. The number of carbonyl (C=O) groups excluding carboxylic acids is 2. The van der Waals surface area contributed by atoms with Gasteiger partial charge in [-0.15, -0.1) is 0 Å². The fraction of sp³-hybridized carbons (Fsp3) is 0.353. The third-order valence-corrected chi connectivity index (χ3v) is 3.41. The van der Waals surface area contributed by atoms with Crippen LogP contribution in [0.3, 0.4) is 0 Å². The lowest BCUT2D eigenvalue weighted by molar-refractivity contribution is 0.0594. The highest BCUT2D eigenvalue weighted by Crippen LogP contribution is 2.13. The van der Waals surface area contributed by atoms with Crippen molar-refractivity contribution in [2.75, 3.05) is 27.4 Å². The lowest BCUT2D eigenvalue weighted by Gasteiger charge is -2.21. The Morgan fingerprint density at radius 1 is 1.32 bits per heavy atom. The number of rotatable bonds is 8. The lowest BCUT2D eigenvalue weighted by Crippen LogP contribution is -2.32. The average molecular weight is 350 g/mol. The molecule has 0 unspecified atom stereocenters. The van der Waals surface area contributed by atoms with Gasteiger partial charge in [-0.2, -0.15) is 0 Å². The first-order valence-electron chi connectivity index (χ1n) is 7.61. The molecule has 2 rings (SSSR count). The zero-order valence-corrected chi connectivity index (χ0v) is 14.0. The number of aromatic nitrogens is 1. The van der Waals surface area contributed by atoms with Crippen LogP contribution >= 0.6 is 0 Å². The minimum atomic E-state index is -0.627. The number of methoxy groups -OCH3 is 2. The van der Waals surface area contributed by atoms with Crippen LogP contribution in [0, 0.1) is 5.82 Å². The van der Waals surface area contributed by atoms with Crippen molar-refractivity contribution in [3.63, 3.8) is 0 Å². The van der Waals surface area contributed by atoms with Crippen molar-refractivity contribution in [1.29, 1.82) is 0 Å². The lowest BCUT2D eigenvalue weighted by atomic mass is 10.2. The van der Waals surface area contributed by atoms with Gasteiger partial charge in [0.2, 0.25) is 5.89 Å². The summed E-state index contributed by atoms with van der Waals surface area (Å²) < 4.78 is 28.2. The molecule has 1 aromatic carbocycles. The maximum absolute atomic E-state index is 13.4. The van der Waals surface area contributed by atoms with Gasteiger partial charge < -0.3 is 18.8 Å².